The van der Waals surface area contributed by atoms with Gasteiger partial charge in [0.15, 0.2) is 0 Å². The predicted octanol–water partition coefficient (Wildman–Crippen LogP) is 2.07. The Hall–Kier alpha value is -0.900. The fraction of sp³-hybridized carbons (Fsp3) is 0.455. The monoisotopic (exact) mass is 270 g/mol. The van der Waals surface area contributed by atoms with Crippen molar-refractivity contribution in [1.82, 2.24) is 4.98 Å². The molecule has 1 aromatic heterocycles. The second-order valence-electron chi connectivity index (χ2n) is 4.01. The van der Waals surface area contributed by atoms with E-state index in [2.05, 4.69) is 34.8 Å². The molecule has 0 unspecified atom stereocenters. The molecule has 2 N–H and O–H groups in total. The van der Waals surface area contributed by atoms with Crippen LogP contribution < -0.4 is 5.73 Å². The van der Waals surface area contributed by atoms with E-state index >= 15 is 0 Å². The summed E-state index contributed by atoms with van der Waals surface area (Å²) < 4.78 is 1.00. The molecule has 0 radical (unpaired) electrons. The minimum absolute atomic E-state index is 0.195. The van der Waals surface area contributed by atoms with Crippen LogP contribution in [0.25, 0.3) is 0 Å². The maximum atomic E-state index is 10.7. The molecule has 0 spiro atoms. The minimum Gasteiger partial charge on any atom is -0.369 e. The summed E-state index contributed by atoms with van der Waals surface area (Å²) in [5, 5.41) is 0. The van der Waals surface area contributed by atoms with Gasteiger partial charge in [0, 0.05) is 10.7 Å². The fourth-order valence-corrected chi connectivity index (χ4v) is 1.89. The first-order valence-corrected chi connectivity index (χ1v) is 5.70. The number of carbonyl (C=O) groups is 1. The molecule has 1 heterocycles. The molecule has 4 heteroatoms. The topological polar surface area (TPSA) is 56.0 Å². The summed E-state index contributed by atoms with van der Waals surface area (Å²) in [6, 6.07) is 1.86. The molecule has 0 aliphatic heterocycles. The average molecular weight is 271 g/mol. The van der Waals surface area contributed by atoms with E-state index in [4.69, 9.17) is 5.73 Å². The SMILES string of the molecule is CC(C)Cc1cnc(CC(N)=O)cc1Br. The Morgan fingerprint density at radius 3 is 2.73 bits per heavy atom. The standard InChI is InChI=1S/C11H15BrN2O/c1-7(2)3-8-6-14-9(4-10(8)12)5-11(13)15/h4,6-7H,3,5H2,1-2H3,(H2,13,15). The van der Waals surface area contributed by atoms with E-state index in [0.717, 1.165) is 10.9 Å². The zero-order valence-electron chi connectivity index (χ0n) is 8.96. The van der Waals surface area contributed by atoms with Crippen LogP contribution in [0.5, 0.6) is 0 Å². The number of hydrogen-bond acceptors (Lipinski definition) is 2. The van der Waals surface area contributed by atoms with Gasteiger partial charge in [-0.2, -0.15) is 0 Å². The highest BCUT2D eigenvalue weighted by molar-refractivity contribution is 9.10. The molecule has 1 rings (SSSR count). The van der Waals surface area contributed by atoms with Crippen LogP contribution in [0.2, 0.25) is 0 Å². The third kappa shape index (κ3) is 4.00. The lowest BCUT2D eigenvalue weighted by atomic mass is 10.0. The summed E-state index contributed by atoms with van der Waals surface area (Å²) >= 11 is 3.47. The molecule has 0 atom stereocenters. The summed E-state index contributed by atoms with van der Waals surface area (Å²) in [6.07, 6.45) is 2.98. The van der Waals surface area contributed by atoms with Crippen LogP contribution in [-0.2, 0) is 17.6 Å². The van der Waals surface area contributed by atoms with Crippen LogP contribution in [0.1, 0.15) is 25.1 Å². The average Bonchev–Trinajstić information content (AvgIpc) is 2.08. The van der Waals surface area contributed by atoms with Crippen LogP contribution in [0.3, 0.4) is 0 Å². The molecular weight excluding hydrogens is 256 g/mol. The maximum absolute atomic E-state index is 10.7. The molecule has 1 amide bonds. The van der Waals surface area contributed by atoms with Crippen molar-refractivity contribution in [2.75, 3.05) is 0 Å². The van der Waals surface area contributed by atoms with Crippen LogP contribution in [0, 0.1) is 5.92 Å². The van der Waals surface area contributed by atoms with Crippen molar-refractivity contribution in [3.63, 3.8) is 0 Å². The molecule has 0 bridgehead atoms. The second-order valence-corrected chi connectivity index (χ2v) is 4.86. The zero-order valence-corrected chi connectivity index (χ0v) is 10.5. The van der Waals surface area contributed by atoms with E-state index in [-0.39, 0.29) is 12.3 Å². The van der Waals surface area contributed by atoms with E-state index in [9.17, 15) is 4.79 Å². The Morgan fingerprint density at radius 2 is 2.27 bits per heavy atom. The summed E-state index contributed by atoms with van der Waals surface area (Å²) in [6.45, 7) is 4.31. The molecule has 15 heavy (non-hydrogen) atoms. The number of nitrogens with zero attached hydrogens (tertiary/aromatic N) is 1. The highest BCUT2D eigenvalue weighted by Crippen LogP contribution is 2.20. The number of nitrogens with two attached hydrogens (primary N) is 1. The highest BCUT2D eigenvalue weighted by atomic mass is 79.9. The Morgan fingerprint density at radius 1 is 1.60 bits per heavy atom. The van der Waals surface area contributed by atoms with Crippen molar-refractivity contribution in [1.29, 1.82) is 0 Å². The van der Waals surface area contributed by atoms with E-state index in [1.165, 1.54) is 5.56 Å². The zero-order chi connectivity index (χ0) is 11.4. The van der Waals surface area contributed by atoms with Crippen LogP contribution in [0.15, 0.2) is 16.7 Å². The fourth-order valence-electron chi connectivity index (χ4n) is 1.36. The Balaban J connectivity index is 2.83. The number of hydrogen-bond donors (Lipinski definition) is 1. The van der Waals surface area contributed by atoms with Gasteiger partial charge >= 0.3 is 0 Å². The van der Waals surface area contributed by atoms with Crippen molar-refractivity contribution < 1.29 is 4.79 Å². The van der Waals surface area contributed by atoms with Gasteiger partial charge in [-0.05, 0) is 24.0 Å². The van der Waals surface area contributed by atoms with E-state index in [1.807, 2.05) is 12.3 Å². The number of aromatic nitrogens is 1. The summed E-state index contributed by atoms with van der Waals surface area (Å²) in [5.41, 5.74) is 6.97. The molecule has 82 valence electrons. The van der Waals surface area contributed by atoms with Crippen molar-refractivity contribution in [2.45, 2.75) is 26.7 Å². The molecule has 0 saturated carbocycles. The summed E-state index contributed by atoms with van der Waals surface area (Å²) in [4.78, 5) is 14.9. The first-order chi connectivity index (χ1) is 6.99. The van der Waals surface area contributed by atoms with Crippen molar-refractivity contribution in [3.8, 4) is 0 Å². The third-order valence-electron chi connectivity index (χ3n) is 1.97. The maximum Gasteiger partial charge on any atom is 0.223 e. The number of primary amides is 1. The smallest absolute Gasteiger partial charge is 0.223 e. The minimum atomic E-state index is -0.356. The predicted molar refractivity (Wildman–Crippen MR) is 63.4 cm³/mol. The largest absolute Gasteiger partial charge is 0.369 e. The van der Waals surface area contributed by atoms with Gasteiger partial charge in [-0.3, -0.25) is 9.78 Å². The highest BCUT2D eigenvalue weighted by Gasteiger charge is 2.06. The normalized spacial score (nSPS) is 10.7. The van der Waals surface area contributed by atoms with Crippen LogP contribution in [-0.4, -0.2) is 10.9 Å². The molecule has 1 aromatic rings. The van der Waals surface area contributed by atoms with Crippen molar-refractivity contribution in [2.24, 2.45) is 11.7 Å². The molecule has 0 fully saturated rings. The first kappa shape index (κ1) is 12.2. The van der Waals surface area contributed by atoms with Crippen LogP contribution >= 0.6 is 15.9 Å². The van der Waals surface area contributed by atoms with Gasteiger partial charge in [-0.15, -0.1) is 0 Å². The lowest BCUT2D eigenvalue weighted by Gasteiger charge is -2.08. The lowest BCUT2D eigenvalue weighted by molar-refractivity contribution is -0.117. The summed E-state index contributed by atoms with van der Waals surface area (Å²) in [5.74, 6) is 0.232. The lowest BCUT2D eigenvalue weighted by Crippen LogP contribution is -2.14. The van der Waals surface area contributed by atoms with Crippen molar-refractivity contribution >= 4 is 21.8 Å². The molecule has 0 aliphatic rings. The number of rotatable bonds is 4. The number of halogens is 1. The Kier molecular flexibility index (Phi) is 4.27. The van der Waals surface area contributed by atoms with E-state index < -0.39 is 0 Å². The van der Waals surface area contributed by atoms with Crippen molar-refractivity contribution in [3.05, 3.63) is 28.0 Å². The Bertz CT molecular complexity index is 364. The molecule has 3 nitrogen and oxygen atoms in total. The molecule has 0 aliphatic carbocycles. The first-order valence-electron chi connectivity index (χ1n) is 4.90. The second kappa shape index (κ2) is 5.26. The van der Waals surface area contributed by atoms with Gasteiger partial charge in [0.1, 0.15) is 0 Å². The summed E-state index contributed by atoms with van der Waals surface area (Å²) in [7, 11) is 0. The molecular formula is C11H15BrN2O. The quantitative estimate of drug-likeness (QED) is 0.911. The van der Waals surface area contributed by atoms with Gasteiger partial charge in [0.2, 0.25) is 5.91 Å². The molecule has 0 aromatic carbocycles. The van der Waals surface area contributed by atoms with Gasteiger partial charge in [0.05, 0.1) is 12.1 Å². The van der Waals surface area contributed by atoms with E-state index in [0.29, 0.717) is 11.6 Å². The van der Waals surface area contributed by atoms with Gasteiger partial charge < -0.3 is 5.73 Å². The van der Waals surface area contributed by atoms with Gasteiger partial charge in [0.25, 0.3) is 0 Å². The van der Waals surface area contributed by atoms with Gasteiger partial charge in [-0.1, -0.05) is 29.8 Å². The third-order valence-corrected chi connectivity index (χ3v) is 2.71. The molecule has 0 saturated heterocycles. The van der Waals surface area contributed by atoms with E-state index in [1.54, 1.807) is 0 Å². The number of amides is 1. The Labute approximate surface area is 98.2 Å². The number of carbonyl (C=O) groups excluding carboxylic acids is 1. The number of pyridine rings is 1. The van der Waals surface area contributed by atoms with Gasteiger partial charge in [-0.25, -0.2) is 0 Å². The van der Waals surface area contributed by atoms with Crippen LogP contribution in [0.4, 0.5) is 0 Å².